The summed E-state index contributed by atoms with van der Waals surface area (Å²) < 4.78 is 5.68. The summed E-state index contributed by atoms with van der Waals surface area (Å²) in [6, 6.07) is 0. The molecule has 0 aromatic heterocycles. The monoisotopic (exact) mass is 201 g/mol. The highest BCUT2D eigenvalue weighted by Gasteiger charge is 2.07. The molecule has 0 saturated heterocycles. The number of ether oxygens (including phenoxy) is 1. The summed E-state index contributed by atoms with van der Waals surface area (Å²) in [6.07, 6.45) is 8.31. The molecule has 1 unspecified atom stereocenters. The van der Waals surface area contributed by atoms with Crippen molar-refractivity contribution in [3.8, 4) is 0 Å². The van der Waals surface area contributed by atoms with Crippen LogP contribution in [0, 0.1) is 0 Å². The molecule has 0 bridgehead atoms. The molecular formula is C12H27NO. The summed E-state index contributed by atoms with van der Waals surface area (Å²) >= 11 is 0. The van der Waals surface area contributed by atoms with E-state index in [4.69, 9.17) is 10.5 Å². The van der Waals surface area contributed by atoms with Gasteiger partial charge < -0.3 is 10.5 Å². The van der Waals surface area contributed by atoms with Gasteiger partial charge in [-0.2, -0.15) is 0 Å². The molecule has 0 aromatic rings. The molecule has 0 aromatic carbocycles. The second-order valence-electron chi connectivity index (χ2n) is 4.25. The first kappa shape index (κ1) is 13.9. The fourth-order valence-corrected chi connectivity index (χ4v) is 1.60. The van der Waals surface area contributed by atoms with E-state index in [0.29, 0.717) is 12.6 Å². The zero-order chi connectivity index (χ0) is 10.8. The number of hydrogen-bond acceptors (Lipinski definition) is 2. The third kappa shape index (κ3) is 8.52. The van der Waals surface area contributed by atoms with Crippen molar-refractivity contribution in [2.24, 2.45) is 5.73 Å². The van der Waals surface area contributed by atoms with Crippen LogP contribution < -0.4 is 5.73 Å². The number of nitrogens with two attached hydrogens (primary N) is 1. The van der Waals surface area contributed by atoms with Crippen molar-refractivity contribution >= 4 is 0 Å². The standard InChI is InChI=1S/C12H27NO/c1-4-5-6-7-8-9-12(10-13)14-11(2)3/h11-12H,4-10,13H2,1-3H3. The van der Waals surface area contributed by atoms with Crippen molar-refractivity contribution in [3.63, 3.8) is 0 Å². The van der Waals surface area contributed by atoms with Gasteiger partial charge in [0.2, 0.25) is 0 Å². The van der Waals surface area contributed by atoms with E-state index in [0.717, 1.165) is 6.42 Å². The van der Waals surface area contributed by atoms with Gasteiger partial charge in [-0.1, -0.05) is 39.0 Å². The highest BCUT2D eigenvalue weighted by molar-refractivity contribution is 4.60. The Kier molecular flexibility index (Phi) is 9.42. The number of rotatable bonds is 9. The van der Waals surface area contributed by atoms with E-state index in [1.165, 1.54) is 32.1 Å². The third-order valence-electron chi connectivity index (χ3n) is 2.36. The summed E-state index contributed by atoms with van der Waals surface area (Å²) in [5, 5.41) is 0. The van der Waals surface area contributed by atoms with Gasteiger partial charge in [0.05, 0.1) is 12.2 Å². The van der Waals surface area contributed by atoms with Crippen LogP contribution in [-0.2, 0) is 4.74 Å². The Balaban J connectivity index is 3.33. The Labute approximate surface area is 89.2 Å². The fourth-order valence-electron chi connectivity index (χ4n) is 1.60. The van der Waals surface area contributed by atoms with Crippen molar-refractivity contribution in [2.75, 3.05) is 6.54 Å². The summed E-state index contributed by atoms with van der Waals surface area (Å²) in [7, 11) is 0. The maximum atomic E-state index is 5.68. The van der Waals surface area contributed by atoms with Gasteiger partial charge >= 0.3 is 0 Å². The van der Waals surface area contributed by atoms with E-state index >= 15 is 0 Å². The van der Waals surface area contributed by atoms with Gasteiger partial charge in [-0.15, -0.1) is 0 Å². The van der Waals surface area contributed by atoms with E-state index in [9.17, 15) is 0 Å². The summed E-state index contributed by atoms with van der Waals surface area (Å²) in [4.78, 5) is 0. The molecule has 2 N–H and O–H groups in total. The topological polar surface area (TPSA) is 35.2 Å². The molecule has 0 rings (SSSR count). The largest absolute Gasteiger partial charge is 0.374 e. The second kappa shape index (κ2) is 9.47. The van der Waals surface area contributed by atoms with Crippen LogP contribution in [0.2, 0.25) is 0 Å². The molecule has 0 aliphatic rings. The average molecular weight is 201 g/mol. The quantitative estimate of drug-likeness (QED) is 0.582. The molecular weight excluding hydrogens is 174 g/mol. The van der Waals surface area contributed by atoms with Crippen molar-refractivity contribution in [3.05, 3.63) is 0 Å². The lowest BCUT2D eigenvalue weighted by atomic mass is 10.1. The summed E-state index contributed by atoms with van der Waals surface area (Å²) in [5.74, 6) is 0. The van der Waals surface area contributed by atoms with Crippen LogP contribution >= 0.6 is 0 Å². The molecule has 2 heteroatoms. The molecule has 0 heterocycles. The van der Waals surface area contributed by atoms with Crippen LogP contribution in [0.1, 0.15) is 59.3 Å². The predicted molar refractivity (Wildman–Crippen MR) is 62.4 cm³/mol. The fraction of sp³-hybridized carbons (Fsp3) is 1.00. The average Bonchev–Trinajstić information content (AvgIpc) is 2.15. The number of hydrogen-bond donors (Lipinski definition) is 1. The molecule has 1 atom stereocenters. The van der Waals surface area contributed by atoms with Gasteiger partial charge in [-0.05, 0) is 20.3 Å². The lowest BCUT2D eigenvalue weighted by molar-refractivity contribution is 0.00736. The van der Waals surface area contributed by atoms with Crippen LogP contribution in [0.4, 0.5) is 0 Å². The summed E-state index contributed by atoms with van der Waals surface area (Å²) in [5.41, 5.74) is 5.64. The number of unbranched alkanes of at least 4 members (excludes halogenated alkanes) is 4. The van der Waals surface area contributed by atoms with Crippen LogP contribution in [0.25, 0.3) is 0 Å². The molecule has 0 fully saturated rings. The Morgan fingerprint density at radius 1 is 1.07 bits per heavy atom. The maximum Gasteiger partial charge on any atom is 0.0700 e. The third-order valence-corrected chi connectivity index (χ3v) is 2.36. The lowest BCUT2D eigenvalue weighted by Crippen LogP contribution is -2.26. The van der Waals surface area contributed by atoms with Crippen molar-refractivity contribution < 1.29 is 4.74 Å². The van der Waals surface area contributed by atoms with E-state index in [2.05, 4.69) is 20.8 Å². The normalized spacial score (nSPS) is 13.5. The van der Waals surface area contributed by atoms with E-state index in [1.54, 1.807) is 0 Å². The first-order valence-corrected chi connectivity index (χ1v) is 6.06. The minimum atomic E-state index is 0.275. The second-order valence-corrected chi connectivity index (χ2v) is 4.25. The summed E-state index contributed by atoms with van der Waals surface area (Å²) in [6.45, 7) is 7.04. The van der Waals surface area contributed by atoms with Gasteiger partial charge in [-0.3, -0.25) is 0 Å². The van der Waals surface area contributed by atoms with E-state index in [1.807, 2.05) is 0 Å². The lowest BCUT2D eigenvalue weighted by Gasteiger charge is -2.18. The molecule has 0 amide bonds. The maximum absolute atomic E-state index is 5.68. The molecule has 0 saturated carbocycles. The molecule has 0 spiro atoms. The van der Waals surface area contributed by atoms with Crippen LogP contribution in [0.15, 0.2) is 0 Å². The Bertz CT molecular complexity index is 115. The van der Waals surface area contributed by atoms with E-state index < -0.39 is 0 Å². The van der Waals surface area contributed by atoms with Crippen molar-refractivity contribution in [1.82, 2.24) is 0 Å². The van der Waals surface area contributed by atoms with Gasteiger partial charge in [0.15, 0.2) is 0 Å². The zero-order valence-corrected chi connectivity index (χ0v) is 10.1. The Morgan fingerprint density at radius 2 is 1.71 bits per heavy atom. The molecule has 14 heavy (non-hydrogen) atoms. The Hall–Kier alpha value is -0.0800. The minimum Gasteiger partial charge on any atom is -0.374 e. The molecule has 0 aliphatic heterocycles. The highest BCUT2D eigenvalue weighted by atomic mass is 16.5. The van der Waals surface area contributed by atoms with Gasteiger partial charge in [0.1, 0.15) is 0 Å². The van der Waals surface area contributed by atoms with Gasteiger partial charge in [-0.25, -0.2) is 0 Å². The van der Waals surface area contributed by atoms with Crippen molar-refractivity contribution in [1.29, 1.82) is 0 Å². The smallest absolute Gasteiger partial charge is 0.0700 e. The molecule has 0 aliphatic carbocycles. The molecule has 86 valence electrons. The minimum absolute atomic E-state index is 0.275. The SMILES string of the molecule is CCCCCCCC(CN)OC(C)C. The molecule has 0 radical (unpaired) electrons. The van der Waals surface area contributed by atoms with E-state index in [-0.39, 0.29) is 6.10 Å². The van der Waals surface area contributed by atoms with Gasteiger partial charge in [0, 0.05) is 6.54 Å². The van der Waals surface area contributed by atoms with Gasteiger partial charge in [0.25, 0.3) is 0 Å². The van der Waals surface area contributed by atoms with Crippen LogP contribution in [-0.4, -0.2) is 18.8 Å². The Morgan fingerprint density at radius 3 is 2.21 bits per heavy atom. The first-order valence-electron chi connectivity index (χ1n) is 6.06. The van der Waals surface area contributed by atoms with Crippen molar-refractivity contribution in [2.45, 2.75) is 71.5 Å². The zero-order valence-electron chi connectivity index (χ0n) is 10.1. The highest BCUT2D eigenvalue weighted by Crippen LogP contribution is 2.10. The van der Waals surface area contributed by atoms with Crippen LogP contribution in [0.5, 0.6) is 0 Å². The molecule has 2 nitrogen and oxygen atoms in total. The van der Waals surface area contributed by atoms with Crippen LogP contribution in [0.3, 0.4) is 0 Å². The predicted octanol–water partition coefficient (Wildman–Crippen LogP) is 3.10. The first-order chi connectivity index (χ1) is 6.70.